The average molecular weight is 388 g/mol. The molecular formula is C21H29FN4O2. The van der Waals surface area contributed by atoms with E-state index in [0.29, 0.717) is 31.7 Å². The van der Waals surface area contributed by atoms with Gasteiger partial charge in [0.25, 0.3) is 0 Å². The number of hydrogen-bond acceptors (Lipinski definition) is 4. The van der Waals surface area contributed by atoms with Crippen LogP contribution in [0.1, 0.15) is 38.4 Å². The van der Waals surface area contributed by atoms with Gasteiger partial charge >= 0.3 is 0 Å². The number of imidazole rings is 1. The Morgan fingerprint density at radius 2 is 2.14 bits per heavy atom. The van der Waals surface area contributed by atoms with Crippen molar-refractivity contribution in [2.75, 3.05) is 32.8 Å². The van der Waals surface area contributed by atoms with Gasteiger partial charge in [-0.3, -0.25) is 9.69 Å². The van der Waals surface area contributed by atoms with Crippen LogP contribution < -0.4 is 0 Å². The Kier molecular flexibility index (Phi) is 5.92. The maximum Gasteiger partial charge on any atom is 0.236 e. The number of aryl methyl sites for hydroxylation is 1. The van der Waals surface area contributed by atoms with E-state index >= 15 is 0 Å². The number of halogens is 1. The second kappa shape index (κ2) is 8.57. The van der Waals surface area contributed by atoms with Crippen molar-refractivity contribution in [2.24, 2.45) is 0 Å². The van der Waals surface area contributed by atoms with Gasteiger partial charge in [-0.1, -0.05) is 6.07 Å². The first-order valence-electron chi connectivity index (χ1n) is 10.4. The standard InChI is InChI=1S/C21H29FN4O2/c1-2-26-18-9-5-8-17(22)21(18)23-19(26)14-24(13-16-7-6-12-28-16)15-20(27)25-10-3-4-11-25/h5,8-9,16H,2-4,6-7,10-15H2,1H3/t16-/m0/s1. The van der Waals surface area contributed by atoms with E-state index in [1.807, 2.05) is 22.5 Å². The van der Waals surface area contributed by atoms with Crippen molar-refractivity contribution in [2.45, 2.75) is 51.8 Å². The lowest BCUT2D eigenvalue weighted by molar-refractivity contribution is -0.131. The van der Waals surface area contributed by atoms with E-state index < -0.39 is 0 Å². The van der Waals surface area contributed by atoms with E-state index in [1.165, 1.54) is 6.07 Å². The van der Waals surface area contributed by atoms with Crippen molar-refractivity contribution in [3.05, 3.63) is 29.8 Å². The van der Waals surface area contributed by atoms with Crippen LogP contribution in [0, 0.1) is 5.82 Å². The molecule has 2 saturated heterocycles. The van der Waals surface area contributed by atoms with E-state index in [1.54, 1.807) is 6.07 Å². The van der Waals surface area contributed by atoms with Crippen LogP contribution in [0.15, 0.2) is 18.2 Å². The molecule has 6 nitrogen and oxygen atoms in total. The average Bonchev–Trinajstić information content (AvgIpc) is 3.43. The van der Waals surface area contributed by atoms with Gasteiger partial charge in [0.15, 0.2) is 5.82 Å². The third-order valence-corrected chi connectivity index (χ3v) is 5.79. The van der Waals surface area contributed by atoms with Crippen LogP contribution >= 0.6 is 0 Å². The minimum Gasteiger partial charge on any atom is -0.377 e. The first-order chi connectivity index (χ1) is 13.7. The second-order valence-corrected chi connectivity index (χ2v) is 7.77. The van der Waals surface area contributed by atoms with Gasteiger partial charge in [-0.2, -0.15) is 0 Å². The Bertz CT molecular complexity index is 825. The number of likely N-dealkylation sites (tertiary alicyclic amines) is 1. The van der Waals surface area contributed by atoms with E-state index in [0.717, 1.165) is 56.7 Å². The summed E-state index contributed by atoms with van der Waals surface area (Å²) in [7, 11) is 0. The molecule has 2 aromatic rings. The first-order valence-corrected chi connectivity index (χ1v) is 10.4. The normalized spacial score (nSPS) is 20.0. The van der Waals surface area contributed by atoms with Crippen LogP contribution in [0.5, 0.6) is 0 Å². The molecule has 1 atom stereocenters. The van der Waals surface area contributed by atoms with Crippen LogP contribution in [0.25, 0.3) is 11.0 Å². The molecule has 0 saturated carbocycles. The molecule has 1 amide bonds. The minimum absolute atomic E-state index is 0.155. The number of nitrogens with zero attached hydrogens (tertiary/aromatic N) is 4. The minimum atomic E-state index is -0.301. The summed E-state index contributed by atoms with van der Waals surface area (Å²) in [5.74, 6) is 0.667. The number of aromatic nitrogens is 2. The smallest absolute Gasteiger partial charge is 0.236 e. The Balaban J connectivity index is 1.56. The molecule has 1 aromatic carbocycles. The van der Waals surface area contributed by atoms with Crippen LogP contribution in [-0.4, -0.2) is 64.1 Å². The summed E-state index contributed by atoms with van der Waals surface area (Å²) in [4.78, 5) is 21.4. The number of benzene rings is 1. The van der Waals surface area contributed by atoms with Crippen LogP contribution in [0.2, 0.25) is 0 Å². The summed E-state index contributed by atoms with van der Waals surface area (Å²) >= 11 is 0. The maximum absolute atomic E-state index is 14.2. The predicted molar refractivity (Wildman–Crippen MR) is 105 cm³/mol. The van der Waals surface area contributed by atoms with Gasteiger partial charge < -0.3 is 14.2 Å². The topological polar surface area (TPSA) is 50.6 Å². The highest BCUT2D eigenvalue weighted by molar-refractivity contribution is 5.78. The summed E-state index contributed by atoms with van der Waals surface area (Å²) in [6.07, 6.45) is 4.41. The third kappa shape index (κ3) is 4.05. The zero-order valence-electron chi connectivity index (χ0n) is 16.6. The van der Waals surface area contributed by atoms with Crippen molar-refractivity contribution < 1.29 is 13.9 Å². The summed E-state index contributed by atoms with van der Waals surface area (Å²) < 4.78 is 22.1. The number of carbonyl (C=O) groups excluding carboxylic acids is 1. The zero-order valence-corrected chi connectivity index (χ0v) is 16.6. The van der Waals surface area contributed by atoms with Gasteiger partial charge in [0.05, 0.1) is 24.7 Å². The number of rotatable bonds is 7. The first kappa shape index (κ1) is 19.3. The van der Waals surface area contributed by atoms with Crippen molar-refractivity contribution >= 4 is 16.9 Å². The summed E-state index contributed by atoms with van der Waals surface area (Å²) in [5, 5.41) is 0. The molecule has 3 heterocycles. The summed E-state index contributed by atoms with van der Waals surface area (Å²) in [6, 6.07) is 5.06. The molecule has 0 bridgehead atoms. The Morgan fingerprint density at radius 3 is 2.86 bits per heavy atom. The van der Waals surface area contributed by atoms with Gasteiger partial charge in [-0.05, 0) is 44.7 Å². The highest BCUT2D eigenvalue weighted by atomic mass is 19.1. The number of ether oxygens (including phenoxy) is 1. The lowest BCUT2D eigenvalue weighted by Gasteiger charge is -2.26. The molecule has 7 heteroatoms. The van der Waals surface area contributed by atoms with E-state index in [4.69, 9.17) is 4.74 Å². The maximum atomic E-state index is 14.2. The number of para-hydroxylation sites is 1. The van der Waals surface area contributed by atoms with E-state index in [9.17, 15) is 9.18 Å². The van der Waals surface area contributed by atoms with Crippen LogP contribution in [-0.2, 0) is 22.6 Å². The monoisotopic (exact) mass is 388 g/mol. The summed E-state index contributed by atoms with van der Waals surface area (Å²) in [5.41, 5.74) is 1.21. The molecule has 152 valence electrons. The van der Waals surface area contributed by atoms with Gasteiger partial charge in [0, 0.05) is 32.8 Å². The highest BCUT2D eigenvalue weighted by Crippen LogP contribution is 2.21. The molecule has 4 rings (SSSR count). The lowest BCUT2D eigenvalue weighted by atomic mass is 10.2. The van der Waals surface area contributed by atoms with Gasteiger partial charge in [-0.15, -0.1) is 0 Å². The summed E-state index contributed by atoms with van der Waals surface area (Å²) in [6.45, 7) is 6.82. The number of fused-ring (bicyclic) bond motifs is 1. The Hall–Kier alpha value is -1.99. The number of amides is 1. The lowest BCUT2D eigenvalue weighted by Crippen LogP contribution is -2.42. The van der Waals surface area contributed by atoms with Crippen molar-refractivity contribution in [1.82, 2.24) is 19.4 Å². The van der Waals surface area contributed by atoms with Crippen LogP contribution in [0.3, 0.4) is 0 Å². The highest BCUT2D eigenvalue weighted by Gasteiger charge is 2.26. The Labute approximate surface area is 165 Å². The van der Waals surface area contributed by atoms with Crippen molar-refractivity contribution in [3.8, 4) is 0 Å². The molecule has 0 spiro atoms. The molecule has 1 aromatic heterocycles. The number of carbonyl (C=O) groups is 1. The largest absolute Gasteiger partial charge is 0.377 e. The molecule has 0 unspecified atom stereocenters. The number of hydrogen-bond donors (Lipinski definition) is 0. The van der Waals surface area contributed by atoms with Crippen molar-refractivity contribution in [1.29, 1.82) is 0 Å². The van der Waals surface area contributed by atoms with Crippen molar-refractivity contribution in [3.63, 3.8) is 0 Å². The molecule has 2 aliphatic heterocycles. The SMILES string of the molecule is CCn1c(CN(CC(=O)N2CCCC2)C[C@@H]2CCCO2)nc2c(F)cccc21. The molecule has 2 fully saturated rings. The molecule has 28 heavy (non-hydrogen) atoms. The molecule has 0 N–H and O–H groups in total. The second-order valence-electron chi connectivity index (χ2n) is 7.77. The quantitative estimate of drug-likeness (QED) is 0.732. The molecule has 0 radical (unpaired) electrons. The Morgan fingerprint density at radius 1 is 1.32 bits per heavy atom. The predicted octanol–water partition coefficient (Wildman–Crippen LogP) is 2.80. The third-order valence-electron chi connectivity index (χ3n) is 5.79. The van der Waals surface area contributed by atoms with Gasteiger partial charge in [0.2, 0.25) is 5.91 Å². The van der Waals surface area contributed by atoms with Gasteiger partial charge in [0.1, 0.15) is 11.3 Å². The molecule has 0 aliphatic carbocycles. The fourth-order valence-corrected chi connectivity index (χ4v) is 4.35. The molecule has 2 aliphatic rings. The zero-order chi connectivity index (χ0) is 19.5. The van der Waals surface area contributed by atoms with Crippen LogP contribution in [0.4, 0.5) is 4.39 Å². The molecular weight excluding hydrogens is 359 g/mol. The van der Waals surface area contributed by atoms with Gasteiger partial charge in [-0.25, -0.2) is 9.37 Å². The fourth-order valence-electron chi connectivity index (χ4n) is 4.35. The van der Waals surface area contributed by atoms with E-state index in [2.05, 4.69) is 9.88 Å². The van der Waals surface area contributed by atoms with E-state index in [-0.39, 0.29) is 17.8 Å². The fraction of sp³-hybridized carbons (Fsp3) is 0.619.